The Labute approximate surface area is 90.1 Å². The van der Waals surface area contributed by atoms with E-state index in [0.717, 1.165) is 0 Å². The molecule has 6 nitrogen and oxygen atoms in total. The van der Waals surface area contributed by atoms with E-state index in [1.54, 1.807) is 6.92 Å². The SMILES string of the molecule is COCC(N)C(=O)NC(C)C(OC)OC. The molecule has 0 aromatic carbocycles. The van der Waals surface area contributed by atoms with Gasteiger partial charge in [-0.1, -0.05) is 0 Å². The maximum Gasteiger partial charge on any atom is 0.239 e. The van der Waals surface area contributed by atoms with Crippen molar-refractivity contribution < 1.29 is 19.0 Å². The van der Waals surface area contributed by atoms with Crippen LogP contribution in [0.15, 0.2) is 0 Å². The number of nitrogens with two attached hydrogens (primary N) is 1. The van der Waals surface area contributed by atoms with Crippen LogP contribution in [-0.4, -0.2) is 52.2 Å². The van der Waals surface area contributed by atoms with Crippen LogP contribution in [-0.2, 0) is 19.0 Å². The van der Waals surface area contributed by atoms with Crippen LogP contribution in [0.3, 0.4) is 0 Å². The molecule has 0 radical (unpaired) electrons. The van der Waals surface area contributed by atoms with Gasteiger partial charge in [-0.25, -0.2) is 0 Å². The Kier molecular flexibility index (Phi) is 7.23. The largest absolute Gasteiger partial charge is 0.383 e. The van der Waals surface area contributed by atoms with Crippen molar-refractivity contribution >= 4 is 5.91 Å². The molecule has 0 heterocycles. The average molecular weight is 220 g/mol. The first-order valence-corrected chi connectivity index (χ1v) is 4.67. The molecule has 0 aromatic heterocycles. The van der Waals surface area contributed by atoms with Crippen LogP contribution in [0, 0.1) is 0 Å². The molecule has 6 heteroatoms. The summed E-state index contributed by atoms with van der Waals surface area (Å²) in [5.74, 6) is -0.288. The molecule has 15 heavy (non-hydrogen) atoms. The molecule has 0 aliphatic carbocycles. The van der Waals surface area contributed by atoms with Crippen LogP contribution >= 0.6 is 0 Å². The molecule has 2 unspecified atom stereocenters. The Morgan fingerprint density at radius 3 is 2.27 bits per heavy atom. The fraction of sp³-hybridized carbons (Fsp3) is 0.889. The fourth-order valence-corrected chi connectivity index (χ4v) is 1.16. The standard InChI is InChI=1S/C9H20N2O4/c1-6(9(14-3)15-4)11-8(12)7(10)5-13-2/h6-7,9H,5,10H2,1-4H3,(H,11,12). The zero-order valence-corrected chi connectivity index (χ0v) is 9.65. The Morgan fingerprint density at radius 1 is 1.33 bits per heavy atom. The normalized spacial score (nSPS) is 15.1. The topological polar surface area (TPSA) is 82.8 Å². The average Bonchev–Trinajstić information content (AvgIpc) is 2.19. The summed E-state index contributed by atoms with van der Waals surface area (Å²) >= 11 is 0. The second kappa shape index (κ2) is 7.58. The summed E-state index contributed by atoms with van der Waals surface area (Å²) in [5.41, 5.74) is 5.54. The Hall–Kier alpha value is -0.690. The molecule has 2 atom stereocenters. The Morgan fingerprint density at radius 2 is 1.87 bits per heavy atom. The van der Waals surface area contributed by atoms with E-state index in [-0.39, 0.29) is 18.6 Å². The van der Waals surface area contributed by atoms with E-state index in [0.29, 0.717) is 0 Å². The first-order chi connectivity index (χ1) is 7.06. The van der Waals surface area contributed by atoms with Crippen molar-refractivity contribution in [3.05, 3.63) is 0 Å². The predicted molar refractivity (Wildman–Crippen MR) is 55.3 cm³/mol. The highest BCUT2D eigenvalue weighted by Gasteiger charge is 2.21. The highest BCUT2D eigenvalue weighted by Crippen LogP contribution is 1.98. The summed E-state index contributed by atoms with van der Waals surface area (Å²) in [7, 11) is 4.50. The summed E-state index contributed by atoms with van der Waals surface area (Å²) in [4.78, 5) is 11.5. The molecular weight excluding hydrogens is 200 g/mol. The predicted octanol–water partition coefficient (Wildman–Crippen LogP) is -0.916. The van der Waals surface area contributed by atoms with Gasteiger partial charge in [0.15, 0.2) is 6.29 Å². The van der Waals surface area contributed by atoms with Gasteiger partial charge in [0.2, 0.25) is 5.91 Å². The molecule has 0 saturated carbocycles. The van der Waals surface area contributed by atoms with E-state index in [1.165, 1.54) is 21.3 Å². The highest BCUT2D eigenvalue weighted by molar-refractivity contribution is 5.81. The minimum absolute atomic E-state index is 0.184. The van der Waals surface area contributed by atoms with Gasteiger partial charge in [0, 0.05) is 21.3 Å². The maximum atomic E-state index is 11.5. The number of hydrogen-bond acceptors (Lipinski definition) is 5. The van der Waals surface area contributed by atoms with E-state index in [4.69, 9.17) is 19.9 Å². The van der Waals surface area contributed by atoms with Crippen LogP contribution in [0.2, 0.25) is 0 Å². The molecule has 0 aliphatic rings. The fourth-order valence-electron chi connectivity index (χ4n) is 1.16. The summed E-state index contributed by atoms with van der Waals surface area (Å²) in [6.07, 6.45) is -0.483. The van der Waals surface area contributed by atoms with Crippen molar-refractivity contribution in [1.82, 2.24) is 5.32 Å². The highest BCUT2D eigenvalue weighted by atomic mass is 16.7. The first kappa shape index (κ1) is 14.3. The molecule has 0 aromatic rings. The van der Waals surface area contributed by atoms with Gasteiger partial charge in [-0.05, 0) is 6.92 Å². The van der Waals surface area contributed by atoms with Crippen LogP contribution < -0.4 is 11.1 Å². The molecule has 0 fully saturated rings. The number of amides is 1. The lowest BCUT2D eigenvalue weighted by atomic mass is 10.2. The molecular formula is C9H20N2O4. The summed E-state index contributed by atoms with van der Waals surface area (Å²) in [6.45, 7) is 1.96. The smallest absolute Gasteiger partial charge is 0.239 e. The number of carbonyl (C=O) groups is 1. The number of hydrogen-bond donors (Lipinski definition) is 2. The van der Waals surface area contributed by atoms with Crippen LogP contribution in [0.1, 0.15) is 6.92 Å². The molecule has 0 bridgehead atoms. The van der Waals surface area contributed by atoms with Gasteiger partial charge in [-0.15, -0.1) is 0 Å². The number of methoxy groups -OCH3 is 3. The Balaban J connectivity index is 4.04. The third kappa shape index (κ3) is 5.08. The van der Waals surface area contributed by atoms with Crippen molar-refractivity contribution in [3.63, 3.8) is 0 Å². The van der Waals surface area contributed by atoms with Crippen LogP contribution in [0.25, 0.3) is 0 Å². The van der Waals surface area contributed by atoms with E-state index in [2.05, 4.69) is 5.32 Å². The van der Waals surface area contributed by atoms with E-state index in [1.807, 2.05) is 0 Å². The molecule has 0 aliphatic heterocycles. The van der Waals surface area contributed by atoms with Crippen molar-refractivity contribution in [2.24, 2.45) is 5.73 Å². The lowest BCUT2D eigenvalue weighted by Gasteiger charge is -2.23. The summed E-state index contributed by atoms with van der Waals surface area (Å²) in [5, 5.41) is 2.67. The molecule has 3 N–H and O–H groups in total. The van der Waals surface area contributed by atoms with Gasteiger partial charge in [-0.2, -0.15) is 0 Å². The van der Waals surface area contributed by atoms with Crippen molar-refractivity contribution in [2.45, 2.75) is 25.3 Å². The van der Waals surface area contributed by atoms with Gasteiger partial charge in [-0.3, -0.25) is 4.79 Å². The Bertz CT molecular complexity index is 185. The molecule has 0 saturated heterocycles. The maximum absolute atomic E-state index is 11.5. The van der Waals surface area contributed by atoms with Gasteiger partial charge >= 0.3 is 0 Å². The number of carbonyl (C=O) groups excluding carboxylic acids is 1. The van der Waals surface area contributed by atoms with Crippen molar-refractivity contribution in [3.8, 4) is 0 Å². The third-order valence-electron chi connectivity index (χ3n) is 1.93. The van der Waals surface area contributed by atoms with Gasteiger partial charge in [0.05, 0.1) is 12.6 Å². The minimum atomic E-state index is -0.674. The minimum Gasteiger partial charge on any atom is -0.383 e. The first-order valence-electron chi connectivity index (χ1n) is 4.67. The number of rotatable bonds is 7. The zero-order chi connectivity index (χ0) is 11.8. The van der Waals surface area contributed by atoms with Gasteiger partial charge in [0.1, 0.15) is 6.04 Å². The van der Waals surface area contributed by atoms with E-state index in [9.17, 15) is 4.79 Å². The molecule has 0 spiro atoms. The van der Waals surface area contributed by atoms with Crippen molar-refractivity contribution in [2.75, 3.05) is 27.9 Å². The van der Waals surface area contributed by atoms with Gasteiger partial charge in [0.25, 0.3) is 0 Å². The number of nitrogens with one attached hydrogen (secondary N) is 1. The lowest BCUT2D eigenvalue weighted by molar-refractivity contribution is -0.137. The molecule has 0 rings (SSSR count). The van der Waals surface area contributed by atoms with E-state index >= 15 is 0 Å². The third-order valence-corrected chi connectivity index (χ3v) is 1.93. The zero-order valence-electron chi connectivity index (χ0n) is 9.65. The second-order valence-corrected chi connectivity index (χ2v) is 3.20. The quantitative estimate of drug-likeness (QED) is 0.542. The lowest BCUT2D eigenvalue weighted by Crippen LogP contribution is -2.50. The van der Waals surface area contributed by atoms with E-state index < -0.39 is 12.3 Å². The molecule has 1 amide bonds. The summed E-state index contributed by atoms with van der Waals surface area (Å²) in [6, 6.07) is -0.942. The summed E-state index contributed by atoms with van der Waals surface area (Å²) < 4.78 is 14.8. The monoisotopic (exact) mass is 220 g/mol. The second-order valence-electron chi connectivity index (χ2n) is 3.20. The van der Waals surface area contributed by atoms with Gasteiger partial charge < -0.3 is 25.3 Å². The molecule has 90 valence electrons. The van der Waals surface area contributed by atoms with Crippen LogP contribution in [0.5, 0.6) is 0 Å². The number of ether oxygens (including phenoxy) is 3. The van der Waals surface area contributed by atoms with Crippen molar-refractivity contribution in [1.29, 1.82) is 0 Å². The van der Waals surface area contributed by atoms with Crippen LogP contribution in [0.4, 0.5) is 0 Å².